The Morgan fingerprint density at radius 1 is 1.39 bits per heavy atom. The Labute approximate surface area is 107 Å². The topological polar surface area (TPSA) is 59.3 Å². The lowest BCUT2D eigenvalue weighted by atomic mass is 9.87. The molecule has 1 saturated carbocycles. The molecule has 0 aromatic carbocycles. The predicted octanol–water partition coefficient (Wildman–Crippen LogP) is 3.14. The van der Waals surface area contributed by atoms with Crippen LogP contribution in [0, 0.1) is 5.92 Å². The lowest BCUT2D eigenvalue weighted by molar-refractivity contribution is 0.0679. The van der Waals surface area contributed by atoms with Gasteiger partial charge in [0.2, 0.25) is 0 Å². The van der Waals surface area contributed by atoms with Crippen molar-refractivity contribution >= 4 is 11.8 Å². The minimum absolute atomic E-state index is 0.0832. The van der Waals surface area contributed by atoms with Gasteiger partial charge in [0.15, 0.2) is 5.78 Å². The van der Waals surface area contributed by atoms with Crippen molar-refractivity contribution in [3.05, 3.63) is 23.5 Å². The van der Waals surface area contributed by atoms with Gasteiger partial charge >= 0.3 is 5.97 Å². The summed E-state index contributed by atoms with van der Waals surface area (Å²) in [5, 5.41) is 9.23. The number of Topliss-reactive ketones (excluding diaryl/α,β-unsaturated/α-hetero) is 1. The summed E-state index contributed by atoms with van der Waals surface area (Å²) in [4.78, 5) is 22.6. The molecular formula is C14H19NO3. The van der Waals surface area contributed by atoms with Crippen molar-refractivity contribution < 1.29 is 14.7 Å². The third kappa shape index (κ3) is 2.47. The van der Waals surface area contributed by atoms with E-state index in [2.05, 4.69) is 6.92 Å². The molecule has 1 aromatic heterocycles. The number of carboxylic acids is 1. The standard InChI is InChI=1S/C14H19NO3/c1-9-4-3-5-12(6-9)15-8-11(10(2)16)7-13(15)14(17)18/h7-9,12H,3-6H2,1-2H3,(H,17,18). The van der Waals surface area contributed by atoms with Gasteiger partial charge in [0, 0.05) is 17.8 Å². The van der Waals surface area contributed by atoms with Gasteiger partial charge in [-0.05, 0) is 31.7 Å². The molecule has 18 heavy (non-hydrogen) atoms. The Balaban J connectivity index is 2.35. The van der Waals surface area contributed by atoms with E-state index in [1.165, 1.54) is 19.4 Å². The van der Waals surface area contributed by atoms with Gasteiger partial charge in [-0.25, -0.2) is 4.79 Å². The quantitative estimate of drug-likeness (QED) is 0.837. The van der Waals surface area contributed by atoms with Crippen LogP contribution in [0.1, 0.15) is 66.4 Å². The average Bonchev–Trinajstić information content (AvgIpc) is 2.73. The highest BCUT2D eigenvalue weighted by Gasteiger charge is 2.25. The number of hydrogen-bond acceptors (Lipinski definition) is 2. The van der Waals surface area contributed by atoms with Gasteiger partial charge < -0.3 is 9.67 Å². The van der Waals surface area contributed by atoms with Crippen LogP contribution in [0.5, 0.6) is 0 Å². The first kappa shape index (κ1) is 12.9. The minimum atomic E-state index is -0.958. The van der Waals surface area contributed by atoms with Gasteiger partial charge in [-0.1, -0.05) is 19.8 Å². The number of hydrogen-bond donors (Lipinski definition) is 1. The fourth-order valence-electron chi connectivity index (χ4n) is 2.80. The second kappa shape index (κ2) is 4.96. The fraction of sp³-hybridized carbons (Fsp3) is 0.571. The molecule has 1 aliphatic carbocycles. The number of ketones is 1. The zero-order valence-electron chi connectivity index (χ0n) is 10.8. The molecule has 0 amide bonds. The van der Waals surface area contributed by atoms with E-state index in [4.69, 9.17) is 0 Å². The van der Waals surface area contributed by atoms with Crippen molar-refractivity contribution in [1.29, 1.82) is 0 Å². The van der Waals surface area contributed by atoms with E-state index >= 15 is 0 Å². The first-order chi connectivity index (χ1) is 8.49. The molecule has 1 fully saturated rings. The summed E-state index contributed by atoms with van der Waals surface area (Å²) in [6.45, 7) is 3.66. The van der Waals surface area contributed by atoms with Crippen molar-refractivity contribution in [1.82, 2.24) is 4.57 Å². The van der Waals surface area contributed by atoms with Crippen molar-refractivity contribution in [2.45, 2.75) is 45.6 Å². The predicted molar refractivity (Wildman–Crippen MR) is 68.1 cm³/mol. The Morgan fingerprint density at radius 2 is 2.11 bits per heavy atom. The lowest BCUT2D eigenvalue weighted by Crippen LogP contribution is -2.20. The number of carboxylic acid groups (broad SMARTS) is 1. The van der Waals surface area contributed by atoms with E-state index in [0.29, 0.717) is 11.5 Å². The zero-order chi connectivity index (χ0) is 13.3. The molecule has 0 saturated heterocycles. The molecule has 4 heteroatoms. The van der Waals surface area contributed by atoms with Crippen molar-refractivity contribution in [2.24, 2.45) is 5.92 Å². The van der Waals surface area contributed by atoms with Gasteiger partial charge in [-0.15, -0.1) is 0 Å². The van der Waals surface area contributed by atoms with Crippen LogP contribution < -0.4 is 0 Å². The first-order valence-corrected chi connectivity index (χ1v) is 6.45. The summed E-state index contributed by atoms with van der Waals surface area (Å²) in [6, 6.07) is 1.71. The summed E-state index contributed by atoms with van der Waals surface area (Å²) < 4.78 is 1.79. The van der Waals surface area contributed by atoms with Crippen LogP contribution in [0.2, 0.25) is 0 Å². The van der Waals surface area contributed by atoms with Gasteiger partial charge in [0.05, 0.1) is 0 Å². The van der Waals surface area contributed by atoms with Crippen molar-refractivity contribution in [2.75, 3.05) is 0 Å². The first-order valence-electron chi connectivity index (χ1n) is 6.45. The number of rotatable bonds is 3. The minimum Gasteiger partial charge on any atom is -0.477 e. The van der Waals surface area contributed by atoms with Crippen LogP contribution in [0.4, 0.5) is 0 Å². The van der Waals surface area contributed by atoms with E-state index in [1.54, 1.807) is 10.8 Å². The van der Waals surface area contributed by atoms with E-state index in [-0.39, 0.29) is 17.5 Å². The molecule has 1 aromatic rings. The van der Waals surface area contributed by atoms with Crippen LogP contribution in [0.25, 0.3) is 0 Å². The number of carbonyl (C=O) groups excluding carboxylic acids is 1. The number of aromatic carboxylic acids is 1. The molecule has 1 N–H and O–H groups in total. The molecule has 0 spiro atoms. The Hall–Kier alpha value is -1.58. The fourth-order valence-corrected chi connectivity index (χ4v) is 2.80. The molecule has 0 bridgehead atoms. The molecule has 4 nitrogen and oxygen atoms in total. The average molecular weight is 249 g/mol. The second-order valence-corrected chi connectivity index (χ2v) is 5.31. The van der Waals surface area contributed by atoms with Crippen LogP contribution in [0.15, 0.2) is 12.3 Å². The van der Waals surface area contributed by atoms with Crippen LogP contribution >= 0.6 is 0 Å². The highest BCUT2D eigenvalue weighted by atomic mass is 16.4. The van der Waals surface area contributed by atoms with Crippen molar-refractivity contribution in [3.8, 4) is 0 Å². The van der Waals surface area contributed by atoms with Gasteiger partial charge in [0.25, 0.3) is 0 Å². The molecule has 0 radical (unpaired) electrons. The molecule has 1 heterocycles. The highest BCUT2D eigenvalue weighted by molar-refractivity contribution is 5.97. The maximum atomic E-state index is 11.4. The lowest BCUT2D eigenvalue weighted by Gasteiger charge is -2.28. The molecule has 2 rings (SSSR count). The summed E-state index contributed by atoms with van der Waals surface area (Å²) in [7, 11) is 0. The summed E-state index contributed by atoms with van der Waals surface area (Å²) >= 11 is 0. The Bertz CT molecular complexity index is 475. The zero-order valence-corrected chi connectivity index (χ0v) is 10.8. The maximum Gasteiger partial charge on any atom is 0.352 e. The summed E-state index contributed by atoms with van der Waals surface area (Å²) in [5.74, 6) is -0.422. The Kier molecular flexibility index (Phi) is 3.55. The number of nitrogens with zero attached hydrogens (tertiary/aromatic N) is 1. The molecular weight excluding hydrogens is 230 g/mol. The molecule has 0 aliphatic heterocycles. The number of aromatic nitrogens is 1. The van der Waals surface area contributed by atoms with E-state index < -0.39 is 5.97 Å². The SMILES string of the molecule is CC(=O)c1cc(C(=O)O)n(C2CCCC(C)C2)c1. The largest absolute Gasteiger partial charge is 0.477 e. The van der Waals surface area contributed by atoms with Crippen molar-refractivity contribution in [3.63, 3.8) is 0 Å². The van der Waals surface area contributed by atoms with E-state index in [0.717, 1.165) is 19.3 Å². The monoisotopic (exact) mass is 249 g/mol. The molecule has 2 atom stereocenters. The third-order valence-electron chi connectivity index (χ3n) is 3.78. The van der Waals surface area contributed by atoms with E-state index in [1.807, 2.05) is 0 Å². The smallest absolute Gasteiger partial charge is 0.352 e. The normalized spacial score (nSPS) is 23.9. The number of carbonyl (C=O) groups is 2. The maximum absolute atomic E-state index is 11.4. The van der Waals surface area contributed by atoms with Crippen LogP contribution in [-0.4, -0.2) is 21.4 Å². The van der Waals surface area contributed by atoms with Gasteiger partial charge in [0.1, 0.15) is 5.69 Å². The van der Waals surface area contributed by atoms with Gasteiger partial charge in [-0.2, -0.15) is 0 Å². The Morgan fingerprint density at radius 3 is 2.67 bits per heavy atom. The summed E-state index contributed by atoms with van der Waals surface area (Å²) in [6.07, 6.45) is 6.02. The molecule has 1 aliphatic rings. The highest BCUT2D eigenvalue weighted by Crippen LogP contribution is 2.33. The van der Waals surface area contributed by atoms with Crippen LogP contribution in [-0.2, 0) is 0 Å². The third-order valence-corrected chi connectivity index (χ3v) is 3.78. The van der Waals surface area contributed by atoms with Crippen LogP contribution in [0.3, 0.4) is 0 Å². The van der Waals surface area contributed by atoms with E-state index in [9.17, 15) is 14.7 Å². The molecule has 2 unspecified atom stereocenters. The second-order valence-electron chi connectivity index (χ2n) is 5.31. The molecule has 98 valence electrons. The summed E-state index contributed by atoms with van der Waals surface area (Å²) in [5.41, 5.74) is 0.727. The van der Waals surface area contributed by atoms with Gasteiger partial charge in [-0.3, -0.25) is 4.79 Å².